The van der Waals surface area contributed by atoms with Crippen LogP contribution in [0.5, 0.6) is 11.5 Å². The summed E-state index contributed by atoms with van der Waals surface area (Å²) >= 11 is 0. The molecule has 1 fully saturated rings. The SMILES string of the molecule is CCCN1CCN(c2ncc3c(n2)CCN(Cc2ccc(OCC)c(OC)c2)C3)CC1. The van der Waals surface area contributed by atoms with Gasteiger partial charge in [-0.25, -0.2) is 9.97 Å². The molecule has 0 radical (unpaired) electrons. The van der Waals surface area contributed by atoms with Gasteiger partial charge in [-0.2, -0.15) is 0 Å². The number of nitrogens with zero attached hydrogens (tertiary/aromatic N) is 5. The minimum atomic E-state index is 0.634. The maximum absolute atomic E-state index is 5.64. The Morgan fingerprint density at radius 1 is 1.00 bits per heavy atom. The molecule has 3 heterocycles. The van der Waals surface area contributed by atoms with Crippen LogP contribution >= 0.6 is 0 Å². The van der Waals surface area contributed by atoms with E-state index in [0.717, 1.165) is 69.7 Å². The van der Waals surface area contributed by atoms with Crippen LogP contribution in [0.3, 0.4) is 0 Å². The van der Waals surface area contributed by atoms with Gasteiger partial charge in [0.05, 0.1) is 19.4 Å². The van der Waals surface area contributed by atoms with E-state index in [1.165, 1.54) is 29.8 Å². The molecule has 1 aromatic heterocycles. The second-order valence-corrected chi connectivity index (χ2v) is 8.35. The molecule has 2 aromatic rings. The number of methoxy groups -OCH3 is 1. The Balaban J connectivity index is 1.37. The maximum Gasteiger partial charge on any atom is 0.225 e. The van der Waals surface area contributed by atoms with Gasteiger partial charge in [0.2, 0.25) is 5.95 Å². The Labute approximate surface area is 186 Å². The molecule has 7 nitrogen and oxygen atoms in total. The molecular weight excluding hydrogens is 390 g/mol. The summed E-state index contributed by atoms with van der Waals surface area (Å²) in [5.41, 5.74) is 3.69. The van der Waals surface area contributed by atoms with E-state index >= 15 is 0 Å². The van der Waals surface area contributed by atoms with Crippen LogP contribution in [0.4, 0.5) is 5.95 Å². The lowest BCUT2D eigenvalue weighted by Crippen LogP contribution is -2.47. The van der Waals surface area contributed by atoms with Crippen molar-refractivity contribution in [1.82, 2.24) is 19.8 Å². The minimum absolute atomic E-state index is 0.634. The first-order valence-electron chi connectivity index (χ1n) is 11.5. The van der Waals surface area contributed by atoms with Gasteiger partial charge in [0.15, 0.2) is 11.5 Å². The monoisotopic (exact) mass is 425 g/mol. The van der Waals surface area contributed by atoms with Gasteiger partial charge in [0, 0.05) is 64.0 Å². The van der Waals surface area contributed by atoms with E-state index in [-0.39, 0.29) is 0 Å². The molecule has 0 saturated carbocycles. The standard InChI is InChI=1S/C24H35N5O2/c1-4-9-27-11-13-29(14-12-27)24-25-16-20-18-28(10-8-21(20)26-24)17-19-6-7-22(31-5-2)23(15-19)30-3/h6-7,15-16H,4-5,8-14,17-18H2,1-3H3. The lowest BCUT2D eigenvalue weighted by atomic mass is 10.1. The number of hydrogen-bond donors (Lipinski definition) is 0. The molecule has 0 atom stereocenters. The van der Waals surface area contributed by atoms with E-state index in [4.69, 9.17) is 19.4 Å². The van der Waals surface area contributed by atoms with Gasteiger partial charge < -0.3 is 14.4 Å². The number of ether oxygens (including phenoxy) is 2. The third-order valence-electron chi connectivity index (χ3n) is 6.13. The highest BCUT2D eigenvalue weighted by Gasteiger charge is 2.22. The molecule has 168 valence electrons. The summed E-state index contributed by atoms with van der Waals surface area (Å²) in [5, 5.41) is 0. The zero-order chi connectivity index (χ0) is 21.6. The average molecular weight is 426 g/mol. The zero-order valence-corrected chi connectivity index (χ0v) is 19.1. The normalized spacial score (nSPS) is 17.5. The van der Waals surface area contributed by atoms with Crippen LogP contribution in [-0.2, 0) is 19.5 Å². The summed E-state index contributed by atoms with van der Waals surface area (Å²) in [6.45, 7) is 13.1. The van der Waals surface area contributed by atoms with Crippen LogP contribution in [0.25, 0.3) is 0 Å². The van der Waals surface area contributed by atoms with E-state index in [1.54, 1.807) is 7.11 Å². The molecule has 0 amide bonds. The lowest BCUT2D eigenvalue weighted by Gasteiger charge is -2.35. The summed E-state index contributed by atoms with van der Waals surface area (Å²) in [7, 11) is 1.69. The van der Waals surface area contributed by atoms with Crippen molar-refractivity contribution in [1.29, 1.82) is 0 Å². The Morgan fingerprint density at radius 3 is 2.58 bits per heavy atom. The molecule has 4 rings (SSSR count). The van der Waals surface area contributed by atoms with Gasteiger partial charge >= 0.3 is 0 Å². The summed E-state index contributed by atoms with van der Waals surface area (Å²) < 4.78 is 11.1. The van der Waals surface area contributed by atoms with Crippen molar-refractivity contribution in [2.45, 2.75) is 39.8 Å². The van der Waals surface area contributed by atoms with Crippen molar-refractivity contribution in [3.05, 3.63) is 41.2 Å². The molecule has 0 spiro atoms. The highest BCUT2D eigenvalue weighted by Crippen LogP contribution is 2.29. The van der Waals surface area contributed by atoms with Crippen molar-refractivity contribution in [2.75, 3.05) is 57.9 Å². The largest absolute Gasteiger partial charge is 0.493 e. The Kier molecular flexibility index (Phi) is 7.25. The second-order valence-electron chi connectivity index (χ2n) is 8.35. The van der Waals surface area contributed by atoms with Gasteiger partial charge in [0.1, 0.15) is 0 Å². The first-order valence-corrected chi connectivity index (χ1v) is 11.5. The van der Waals surface area contributed by atoms with Crippen molar-refractivity contribution in [2.24, 2.45) is 0 Å². The highest BCUT2D eigenvalue weighted by molar-refractivity contribution is 5.43. The fourth-order valence-electron chi connectivity index (χ4n) is 4.48. The number of hydrogen-bond acceptors (Lipinski definition) is 7. The van der Waals surface area contributed by atoms with Crippen molar-refractivity contribution >= 4 is 5.95 Å². The molecule has 2 aliphatic rings. The first kappa shape index (κ1) is 21.8. The molecule has 0 unspecified atom stereocenters. The maximum atomic E-state index is 5.64. The Morgan fingerprint density at radius 2 is 1.84 bits per heavy atom. The van der Waals surface area contributed by atoms with Crippen LogP contribution in [0.15, 0.2) is 24.4 Å². The average Bonchev–Trinajstić information content (AvgIpc) is 2.80. The Hall–Kier alpha value is -2.38. The van der Waals surface area contributed by atoms with E-state index in [9.17, 15) is 0 Å². The van der Waals surface area contributed by atoms with E-state index in [0.29, 0.717) is 6.61 Å². The molecule has 2 aliphatic heterocycles. The third kappa shape index (κ3) is 5.28. The predicted molar refractivity (Wildman–Crippen MR) is 123 cm³/mol. The first-order chi connectivity index (χ1) is 15.2. The molecule has 1 aromatic carbocycles. The molecular formula is C24H35N5O2. The predicted octanol–water partition coefficient (Wildman–Crippen LogP) is 2.97. The Bertz CT molecular complexity index is 867. The van der Waals surface area contributed by atoms with E-state index in [2.05, 4.69) is 33.8 Å². The van der Waals surface area contributed by atoms with Crippen LogP contribution in [0.2, 0.25) is 0 Å². The number of fused-ring (bicyclic) bond motifs is 1. The molecule has 1 saturated heterocycles. The number of benzene rings is 1. The van der Waals surface area contributed by atoms with Gasteiger partial charge in [0.25, 0.3) is 0 Å². The van der Waals surface area contributed by atoms with E-state index < -0.39 is 0 Å². The highest BCUT2D eigenvalue weighted by atomic mass is 16.5. The fourth-order valence-corrected chi connectivity index (χ4v) is 4.48. The second kappa shape index (κ2) is 10.3. The molecule has 31 heavy (non-hydrogen) atoms. The van der Waals surface area contributed by atoms with Crippen LogP contribution in [-0.4, -0.2) is 72.8 Å². The van der Waals surface area contributed by atoms with Crippen LogP contribution in [0, 0.1) is 0 Å². The number of piperazine rings is 1. The zero-order valence-electron chi connectivity index (χ0n) is 19.1. The summed E-state index contributed by atoms with van der Waals surface area (Å²) in [5.74, 6) is 2.50. The third-order valence-corrected chi connectivity index (χ3v) is 6.13. The minimum Gasteiger partial charge on any atom is -0.493 e. The number of aromatic nitrogens is 2. The van der Waals surface area contributed by atoms with Crippen LogP contribution < -0.4 is 14.4 Å². The molecule has 7 heteroatoms. The van der Waals surface area contributed by atoms with Gasteiger partial charge in [-0.05, 0) is 37.6 Å². The van der Waals surface area contributed by atoms with Crippen molar-refractivity contribution in [3.8, 4) is 11.5 Å². The smallest absolute Gasteiger partial charge is 0.225 e. The van der Waals surface area contributed by atoms with Crippen molar-refractivity contribution in [3.63, 3.8) is 0 Å². The molecule has 0 N–H and O–H groups in total. The molecule has 0 bridgehead atoms. The topological polar surface area (TPSA) is 54.0 Å². The number of anilines is 1. The van der Waals surface area contributed by atoms with Gasteiger partial charge in [-0.1, -0.05) is 13.0 Å². The molecule has 0 aliphatic carbocycles. The van der Waals surface area contributed by atoms with Gasteiger partial charge in [-0.15, -0.1) is 0 Å². The fraction of sp³-hybridized carbons (Fsp3) is 0.583. The lowest BCUT2D eigenvalue weighted by molar-refractivity contribution is 0.241. The van der Waals surface area contributed by atoms with E-state index in [1.807, 2.05) is 19.2 Å². The quantitative estimate of drug-likeness (QED) is 0.644. The number of rotatable bonds is 8. The van der Waals surface area contributed by atoms with Gasteiger partial charge in [-0.3, -0.25) is 9.80 Å². The summed E-state index contributed by atoms with van der Waals surface area (Å²) in [4.78, 5) is 17.0. The summed E-state index contributed by atoms with van der Waals surface area (Å²) in [6, 6.07) is 6.21. The summed E-state index contributed by atoms with van der Waals surface area (Å²) in [6.07, 6.45) is 4.23. The van der Waals surface area contributed by atoms with Crippen molar-refractivity contribution < 1.29 is 9.47 Å². The van der Waals surface area contributed by atoms with Crippen LogP contribution in [0.1, 0.15) is 37.1 Å².